The predicted molar refractivity (Wildman–Crippen MR) is 193 cm³/mol. The number of amides is 4. The molecule has 2 aliphatic carbocycles. The van der Waals surface area contributed by atoms with E-state index in [0.717, 1.165) is 10.6 Å². The molecule has 0 aromatic heterocycles. The average Bonchev–Trinajstić information content (AvgIpc) is 3.50. The number of ether oxygens (including phenoxy) is 1. The highest BCUT2D eigenvalue weighted by atomic mass is 35.5. The number of rotatable bonds is 6. The summed E-state index contributed by atoms with van der Waals surface area (Å²) in [6.07, 6.45) is 2.33. The zero-order chi connectivity index (χ0) is 35.8. The Morgan fingerprint density at radius 2 is 1.55 bits per heavy atom. The van der Waals surface area contributed by atoms with Crippen LogP contribution in [0.15, 0.2) is 103 Å². The van der Waals surface area contributed by atoms with Gasteiger partial charge in [-0.15, -0.1) is 0 Å². The van der Waals surface area contributed by atoms with E-state index in [0.29, 0.717) is 38.3 Å². The number of hydrogen-bond donors (Lipinski definition) is 2. The second-order valence-corrected chi connectivity index (χ2v) is 14.6. The van der Waals surface area contributed by atoms with E-state index in [2.05, 4.69) is 5.43 Å². The molecule has 2 aliphatic heterocycles. The molecule has 0 radical (unpaired) electrons. The number of hydrazine groups is 1. The highest BCUT2D eigenvalue weighted by Gasteiger charge is 2.70. The molecule has 0 bridgehead atoms. The summed E-state index contributed by atoms with van der Waals surface area (Å²) in [6, 6.07) is 24.9. The van der Waals surface area contributed by atoms with Gasteiger partial charge in [0.1, 0.15) is 11.5 Å². The molecule has 6 atom stereocenters. The number of benzene rings is 4. The van der Waals surface area contributed by atoms with Gasteiger partial charge in [-0.3, -0.25) is 29.5 Å². The minimum atomic E-state index is -1.53. The highest BCUT2D eigenvalue weighted by Crippen LogP contribution is 2.64. The molecule has 1 saturated carbocycles. The molecule has 2 heterocycles. The van der Waals surface area contributed by atoms with Crippen LogP contribution >= 0.6 is 34.8 Å². The van der Waals surface area contributed by atoms with Crippen LogP contribution in [0, 0.1) is 23.7 Å². The summed E-state index contributed by atoms with van der Waals surface area (Å²) in [4.78, 5) is 59.7. The van der Waals surface area contributed by atoms with Crippen molar-refractivity contribution in [3.8, 4) is 11.5 Å². The van der Waals surface area contributed by atoms with Gasteiger partial charge in [0.15, 0.2) is 0 Å². The second-order valence-electron chi connectivity index (χ2n) is 13.3. The van der Waals surface area contributed by atoms with Gasteiger partial charge in [-0.05, 0) is 96.6 Å². The molecule has 2 saturated heterocycles. The number of anilines is 2. The van der Waals surface area contributed by atoms with Crippen molar-refractivity contribution in [2.24, 2.45) is 23.7 Å². The number of nitrogens with zero attached hydrogens (tertiary/aromatic N) is 2. The van der Waals surface area contributed by atoms with Crippen molar-refractivity contribution in [1.82, 2.24) is 5.01 Å². The Kier molecular flexibility index (Phi) is 8.13. The normalized spacial score (nSPS) is 26.8. The Balaban J connectivity index is 1.32. The number of phenols is 1. The quantitative estimate of drug-likeness (QED) is 0.155. The van der Waals surface area contributed by atoms with Crippen molar-refractivity contribution in [2.75, 3.05) is 17.4 Å². The van der Waals surface area contributed by atoms with Crippen LogP contribution in [0.4, 0.5) is 11.4 Å². The van der Waals surface area contributed by atoms with E-state index in [4.69, 9.17) is 39.5 Å². The lowest BCUT2D eigenvalue weighted by molar-refractivity contribution is -0.138. The van der Waals surface area contributed by atoms with Gasteiger partial charge < -0.3 is 9.84 Å². The number of fused-ring (bicyclic) bond motifs is 4. The first-order valence-electron chi connectivity index (χ1n) is 16.4. The first-order valence-corrected chi connectivity index (χ1v) is 17.5. The summed E-state index contributed by atoms with van der Waals surface area (Å²) in [5, 5.41) is 12.8. The Morgan fingerprint density at radius 3 is 2.24 bits per heavy atom. The molecule has 4 aliphatic rings. The Labute approximate surface area is 308 Å². The molecule has 8 rings (SSSR count). The monoisotopic (exact) mass is 741 g/mol. The van der Waals surface area contributed by atoms with E-state index in [1.165, 1.54) is 17.0 Å². The summed E-state index contributed by atoms with van der Waals surface area (Å²) in [5.74, 6) is -5.00. The fourth-order valence-electron chi connectivity index (χ4n) is 8.77. The Bertz CT molecular complexity index is 2160. The molecule has 0 spiro atoms. The number of allylic oxidation sites excluding steroid dienone is 2. The highest BCUT2D eigenvalue weighted by molar-refractivity contribution is 6.36. The molecule has 258 valence electrons. The topological polar surface area (TPSA) is 116 Å². The van der Waals surface area contributed by atoms with Gasteiger partial charge >= 0.3 is 0 Å². The van der Waals surface area contributed by atoms with Crippen LogP contribution in [0.5, 0.6) is 11.5 Å². The SMILES string of the molecule is COc1ccc([C@@]23C(=O)N(Nc4ccc(Cl)cc4Cl)C(=O)[C@@H]2C[C@@H]2C(=CC[C@@H]4C(=O)N(c5ccc(Cl)cc5)C(=O)[C@@H]42)[C@@H]3c2cccc(O)c2)cc1. The number of hydrogen-bond acceptors (Lipinski definition) is 7. The fourth-order valence-corrected chi connectivity index (χ4v) is 9.34. The zero-order valence-corrected chi connectivity index (χ0v) is 29.3. The molecule has 12 heteroatoms. The third-order valence-corrected chi connectivity index (χ3v) is 11.7. The first-order chi connectivity index (χ1) is 24.5. The molecule has 4 aromatic rings. The van der Waals surface area contributed by atoms with Crippen LogP contribution in [0.3, 0.4) is 0 Å². The maximum absolute atomic E-state index is 15.3. The predicted octanol–water partition coefficient (Wildman–Crippen LogP) is 7.55. The summed E-state index contributed by atoms with van der Waals surface area (Å²) in [6.45, 7) is 0. The number of halogens is 3. The number of carbonyl (C=O) groups is 4. The van der Waals surface area contributed by atoms with E-state index in [-0.39, 0.29) is 35.4 Å². The summed E-state index contributed by atoms with van der Waals surface area (Å²) in [7, 11) is 1.54. The van der Waals surface area contributed by atoms with Gasteiger partial charge in [0.2, 0.25) is 11.8 Å². The second kappa shape index (κ2) is 12.4. The largest absolute Gasteiger partial charge is 0.508 e. The van der Waals surface area contributed by atoms with Crippen molar-refractivity contribution >= 4 is 69.8 Å². The fraction of sp³-hybridized carbons (Fsp3) is 0.231. The van der Waals surface area contributed by atoms with Crippen molar-refractivity contribution in [3.63, 3.8) is 0 Å². The standard InChI is InChI=1S/C39H30Cl3N3O6/c1-51-26-12-5-21(6-13-26)39-30(36(48)45(38(39)50)43-32-16-9-23(41)18-31(32)42)19-29-27(34(39)20-3-2-4-25(46)17-20)14-15-28-33(29)37(49)44(35(28)47)24-10-7-22(40)8-11-24/h2-14,16-18,28-30,33-34,43,46H,15,19H2,1H3/t28-,29+,30-,33-,34-,39+/m0/s1. The van der Waals surface area contributed by atoms with E-state index in [9.17, 15) is 19.5 Å². The van der Waals surface area contributed by atoms with Gasteiger partial charge in [0.25, 0.3) is 11.8 Å². The molecule has 2 N–H and O–H groups in total. The van der Waals surface area contributed by atoms with Crippen LogP contribution in [0.25, 0.3) is 0 Å². The van der Waals surface area contributed by atoms with E-state index in [1.807, 2.05) is 12.1 Å². The van der Waals surface area contributed by atoms with Gasteiger partial charge in [-0.2, -0.15) is 5.01 Å². The first kappa shape index (κ1) is 33.3. The Morgan fingerprint density at radius 1 is 0.824 bits per heavy atom. The maximum atomic E-state index is 15.3. The van der Waals surface area contributed by atoms with Gasteiger partial charge in [-0.25, -0.2) is 0 Å². The molecule has 3 fully saturated rings. The average molecular weight is 743 g/mol. The van der Waals surface area contributed by atoms with E-state index < -0.39 is 46.8 Å². The third-order valence-electron chi connectivity index (χ3n) is 10.9. The van der Waals surface area contributed by atoms with Crippen LogP contribution in [-0.2, 0) is 24.6 Å². The van der Waals surface area contributed by atoms with Crippen LogP contribution < -0.4 is 15.1 Å². The lowest BCUT2D eigenvalue weighted by Gasteiger charge is -2.50. The summed E-state index contributed by atoms with van der Waals surface area (Å²) in [5.41, 5.74) is 4.08. The molecule has 51 heavy (non-hydrogen) atoms. The summed E-state index contributed by atoms with van der Waals surface area (Å²) < 4.78 is 5.45. The number of nitrogens with one attached hydrogen (secondary N) is 1. The van der Waals surface area contributed by atoms with E-state index >= 15 is 4.79 Å². The minimum Gasteiger partial charge on any atom is -0.508 e. The van der Waals surface area contributed by atoms with E-state index in [1.54, 1.807) is 79.9 Å². The maximum Gasteiger partial charge on any atom is 0.260 e. The molecule has 9 nitrogen and oxygen atoms in total. The molecule has 4 amide bonds. The smallest absolute Gasteiger partial charge is 0.260 e. The molecular formula is C39H30Cl3N3O6. The Hall–Kier alpha value is -4.83. The van der Waals surface area contributed by atoms with Crippen molar-refractivity contribution in [3.05, 3.63) is 129 Å². The number of phenolic OH excluding ortho intramolecular Hbond substituents is 1. The molecule has 0 unspecified atom stereocenters. The van der Waals surface area contributed by atoms with Gasteiger partial charge in [-0.1, -0.05) is 70.7 Å². The molecular weight excluding hydrogens is 713 g/mol. The summed E-state index contributed by atoms with van der Waals surface area (Å²) >= 11 is 18.8. The lowest BCUT2D eigenvalue weighted by Crippen LogP contribution is -2.53. The lowest BCUT2D eigenvalue weighted by atomic mass is 9.49. The minimum absolute atomic E-state index is 0.0222. The number of imide groups is 2. The van der Waals surface area contributed by atoms with Crippen LogP contribution in [-0.4, -0.2) is 40.9 Å². The zero-order valence-electron chi connectivity index (χ0n) is 27.1. The van der Waals surface area contributed by atoms with Crippen LogP contribution in [0.2, 0.25) is 15.1 Å². The van der Waals surface area contributed by atoms with Crippen molar-refractivity contribution < 1.29 is 29.0 Å². The van der Waals surface area contributed by atoms with Crippen molar-refractivity contribution in [2.45, 2.75) is 24.2 Å². The van der Waals surface area contributed by atoms with Gasteiger partial charge in [0.05, 0.1) is 46.7 Å². The number of carbonyl (C=O) groups excluding carboxylic acids is 4. The van der Waals surface area contributed by atoms with Gasteiger partial charge in [0, 0.05) is 16.0 Å². The molecule has 4 aromatic carbocycles. The number of methoxy groups -OCH3 is 1. The number of aromatic hydroxyl groups is 1. The van der Waals surface area contributed by atoms with Crippen molar-refractivity contribution in [1.29, 1.82) is 0 Å². The van der Waals surface area contributed by atoms with Crippen LogP contribution in [0.1, 0.15) is 29.9 Å². The third kappa shape index (κ3) is 5.05.